The maximum absolute atomic E-state index is 14.1. The predicted molar refractivity (Wildman–Crippen MR) is 82.8 cm³/mol. The van der Waals surface area contributed by atoms with E-state index in [-0.39, 0.29) is 16.3 Å². The second-order valence-electron chi connectivity index (χ2n) is 5.87. The molecule has 0 aliphatic carbocycles. The molecule has 1 atom stereocenters. The molecule has 114 valence electrons. The van der Waals surface area contributed by atoms with Crippen LogP contribution in [0.5, 0.6) is 0 Å². The molecular formula is C16H25ClFNO. The molecule has 1 aromatic carbocycles. The van der Waals surface area contributed by atoms with E-state index in [2.05, 4.69) is 26.1 Å². The van der Waals surface area contributed by atoms with Gasteiger partial charge in [0.25, 0.3) is 0 Å². The number of ether oxygens (including phenoxy) is 1. The van der Waals surface area contributed by atoms with Crippen LogP contribution in [0.3, 0.4) is 0 Å². The van der Waals surface area contributed by atoms with Crippen LogP contribution >= 0.6 is 11.6 Å². The van der Waals surface area contributed by atoms with Crippen LogP contribution in [0.4, 0.5) is 4.39 Å². The summed E-state index contributed by atoms with van der Waals surface area (Å²) in [5.74, 6) is 0.133. The Bertz CT molecular complexity index is 425. The number of halogens is 2. The molecule has 0 aliphatic heterocycles. The summed E-state index contributed by atoms with van der Waals surface area (Å²) in [6, 6.07) is 5.21. The van der Waals surface area contributed by atoms with E-state index in [0.29, 0.717) is 24.5 Å². The molecule has 4 heteroatoms. The zero-order chi connectivity index (χ0) is 15.2. The average Bonchev–Trinajstić information content (AvgIpc) is 2.40. The second-order valence-corrected chi connectivity index (χ2v) is 6.28. The molecule has 0 radical (unpaired) electrons. The molecule has 0 aromatic heterocycles. The van der Waals surface area contributed by atoms with E-state index in [0.717, 1.165) is 13.1 Å². The average molecular weight is 302 g/mol. The Hall–Kier alpha value is -0.640. The Kier molecular flexibility index (Phi) is 6.93. The van der Waals surface area contributed by atoms with E-state index < -0.39 is 0 Å². The zero-order valence-electron chi connectivity index (χ0n) is 12.8. The van der Waals surface area contributed by atoms with E-state index in [1.165, 1.54) is 0 Å². The van der Waals surface area contributed by atoms with E-state index in [9.17, 15) is 4.39 Å². The predicted octanol–water partition coefficient (Wildman–Crippen LogP) is 3.92. The first-order valence-electron chi connectivity index (χ1n) is 7.03. The summed E-state index contributed by atoms with van der Waals surface area (Å²) in [4.78, 5) is 0. The minimum absolute atomic E-state index is 0.0285. The quantitative estimate of drug-likeness (QED) is 0.735. The largest absolute Gasteiger partial charge is 0.383 e. The van der Waals surface area contributed by atoms with Gasteiger partial charge in [-0.15, -0.1) is 0 Å². The van der Waals surface area contributed by atoms with Gasteiger partial charge in [0.2, 0.25) is 0 Å². The van der Waals surface area contributed by atoms with Crippen LogP contribution < -0.4 is 5.32 Å². The first-order valence-corrected chi connectivity index (χ1v) is 7.41. The molecule has 0 heterocycles. The van der Waals surface area contributed by atoms with Gasteiger partial charge >= 0.3 is 0 Å². The number of hydrogen-bond donors (Lipinski definition) is 1. The SMILES string of the molecule is COCCNCC(C)(Cc1cccc(Cl)c1F)C(C)C. The van der Waals surface area contributed by atoms with Crippen LogP contribution in [0.2, 0.25) is 5.02 Å². The Labute approximate surface area is 126 Å². The summed E-state index contributed by atoms with van der Waals surface area (Å²) in [5, 5.41) is 3.58. The minimum atomic E-state index is -0.294. The van der Waals surface area contributed by atoms with Crippen molar-refractivity contribution >= 4 is 11.6 Å². The second kappa shape index (κ2) is 7.96. The summed E-state index contributed by atoms with van der Waals surface area (Å²) in [5.41, 5.74) is 0.654. The van der Waals surface area contributed by atoms with Gasteiger partial charge in [0.1, 0.15) is 5.82 Å². The highest BCUT2D eigenvalue weighted by atomic mass is 35.5. The number of rotatable bonds is 8. The lowest BCUT2D eigenvalue weighted by Gasteiger charge is -2.34. The summed E-state index contributed by atoms with van der Waals surface area (Å²) in [6.45, 7) is 8.81. The number of hydrogen-bond acceptors (Lipinski definition) is 2. The smallest absolute Gasteiger partial charge is 0.144 e. The van der Waals surface area contributed by atoms with Gasteiger partial charge in [-0.1, -0.05) is 44.5 Å². The van der Waals surface area contributed by atoms with Crippen molar-refractivity contribution in [3.63, 3.8) is 0 Å². The fraction of sp³-hybridized carbons (Fsp3) is 0.625. The molecule has 20 heavy (non-hydrogen) atoms. The molecule has 2 nitrogen and oxygen atoms in total. The molecule has 1 aromatic rings. The highest BCUT2D eigenvalue weighted by Gasteiger charge is 2.29. The van der Waals surface area contributed by atoms with E-state index in [1.807, 2.05) is 6.07 Å². The van der Waals surface area contributed by atoms with Crippen LogP contribution in [0, 0.1) is 17.2 Å². The number of benzene rings is 1. The third-order valence-electron chi connectivity index (χ3n) is 4.03. The first-order chi connectivity index (χ1) is 9.40. The van der Waals surface area contributed by atoms with E-state index >= 15 is 0 Å². The molecular weight excluding hydrogens is 277 g/mol. The molecule has 0 aliphatic rings. The van der Waals surface area contributed by atoms with Gasteiger partial charge in [-0.05, 0) is 29.4 Å². The van der Waals surface area contributed by atoms with Crippen molar-refractivity contribution < 1.29 is 9.13 Å². The van der Waals surface area contributed by atoms with Crippen molar-refractivity contribution in [1.82, 2.24) is 5.32 Å². The maximum Gasteiger partial charge on any atom is 0.144 e. The molecule has 0 spiro atoms. The van der Waals surface area contributed by atoms with Gasteiger partial charge in [-0.25, -0.2) is 4.39 Å². The molecule has 0 amide bonds. The fourth-order valence-corrected chi connectivity index (χ4v) is 2.33. The van der Waals surface area contributed by atoms with Crippen molar-refractivity contribution in [3.8, 4) is 0 Å². The van der Waals surface area contributed by atoms with Crippen molar-refractivity contribution in [2.24, 2.45) is 11.3 Å². The van der Waals surface area contributed by atoms with E-state index in [1.54, 1.807) is 19.2 Å². The highest BCUT2D eigenvalue weighted by Crippen LogP contribution is 2.32. The molecule has 1 N–H and O–H groups in total. The van der Waals surface area contributed by atoms with Crippen LogP contribution in [0.25, 0.3) is 0 Å². The van der Waals surface area contributed by atoms with Crippen molar-refractivity contribution in [2.45, 2.75) is 27.2 Å². The third-order valence-corrected chi connectivity index (χ3v) is 4.32. The molecule has 0 fully saturated rings. The van der Waals surface area contributed by atoms with Gasteiger partial charge in [-0.3, -0.25) is 0 Å². The minimum Gasteiger partial charge on any atom is -0.383 e. The lowest BCUT2D eigenvalue weighted by molar-refractivity contribution is 0.174. The number of methoxy groups -OCH3 is 1. The number of nitrogens with one attached hydrogen (secondary N) is 1. The normalized spacial score (nSPS) is 14.6. The Morgan fingerprint density at radius 1 is 1.40 bits per heavy atom. The van der Waals surface area contributed by atoms with Crippen LogP contribution in [-0.4, -0.2) is 26.8 Å². The van der Waals surface area contributed by atoms with Crippen LogP contribution in [0.1, 0.15) is 26.3 Å². The van der Waals surface area contributed by atoms with Gasteiger partial charge in [-0.2, -0.15) is 0 Å². The fourth-order valence-electron chi connectivity index (χ4n) is 2.14. The highest BCUT2D eigenvalue weighted by molar-refractivity contribution is 6.30. The van der Waals surface area contributed by atoms with Crippen molar-refractivity contribution in [3.05, 3.63) is 34.6 Å². The molecule has 1 unspecified atom stereocenters. The Balaban J connectivity index is 2.77. The van der Waals surface area contributed by atoms with Gasteiger partial charge in [0, 0.05) is 20.2 Å². The topological polar surface area (TPSA) is 21.3 Å². The van der Waals surface area contributed by atoms with Gasteiger partial charge in [0.05, 0.1) is 11.6 Å². The first kappa shape index (κ1) is 17.4. The zero-order valence-corrected chi connectivity index (χ0v) is 13.6. The lowest BCUT2D eigenvalue weighted by Crippen LogP contribution is -2.39. The van der Waals surface area contributed by atoms with Crippen LogP contribution in [0.15, 0.2) is 18.2 Å². The van der Waals surface area contributed by atoms with Crippen molar-refractivity contribution in [2.75, 3.05) is 26.8 Å². The summed E-state index contributed by atoms with van der Waals surface area (Å²) in [7, 11) is 1.69. The maximum atomic E-state index is 14.1. The van der Waals surface area contributed by atoms with Gasteiger partial charge in [0.15, 0.2) is 0 Å². The van der Waals surface area contributed by atoms with Crippen LogP contribution in [-0.2, 0) is 11.2 Å². The summed E-state index contributed by atoms with van der Waals surface area (Å²) >= 11 is 5.86. The monoisotopic (exact) mass is 301 g/mol. The molecule has 0 bridgehead atoms. The Morgan fingerprint density at radius 2 is 2.10 bits per heavy atom. The standard InChI is InChI=1S/C16H25ClFNO/c1-12(2)16(3,11-19-8-9-20-4)10-13-6-5-7-14(17)15(13)18/h5-7,12,19H,8-11H2,1-4H3. The third kappa shape index (κ3) is 4.72. The lowest BCUT2D eigenvalue weighted by atomic mass is 9.74. The Morgan fingerprint density at radius 3 is 2.70 bits per heavy atom. The van der Waals surface area contributed by atoms with Gasteiger partial charge < -0.3 is 10.1 Å². The summed E-state index contributed by atoms with van der Waals surface area (Å²) in [6.07, 6.45) is 0.664. The van der Waals surface area contributed by atoms with E-state index in [4.69, 9.17) is 16.3 Å². The molecule has 1 rings (SSSR count). The summed E-state index contributed by atoms with van der Waals surface area (Å²) < 4.78 is 19.1. The van der Waals surface area contributed by atoms with Crippen molar-refractivity contribution in [1.29, 1.82) is 0 Å². The molecule has 0 saturated carbocycles. The molecule has 0 saturated heterocycles.